The summed E-state index contributed by atoms with van der Waals surface area (Å²) in [4.78, 5) is 0. The van der Waals surface area contributed by atoms with Crippen molar-refractivity contribution in [1.29, 1.82) is 0 Å². The molecule has 0 spiro atoms. The van der Waals surface area contributed by atoms with Crippen molar-refractivity contribution in [3.8, 4) is 0 Å². The van der Waals surface area contributed by atoms with Crippen molar-refractivity contribution in [3.05, 3.63) is 72.8 Å². The molecule has 0 radical (unpaired) electrons. The Labute approximate surface area is 150 Å². The Balaban J connectivity index is 1.84. The molecule has 0 saturated heterocycles. The SMILES string of the molecule is Cn1c2ccccc2c2cc3cc4c(cc3cc21)c1ccccc1n4C. The van der Waals surface area contributed by atoms with E-state index in [0.717, 1.165) is 0 Å². The Morgan fingerprint density at radius 3 is 1.35 bits per heavy atom. The zero-order valence-electron chi connectivity index (χ0n) is 14.8. The van der Waals surface area contributed by atoms with Gasteiger partial charge in [0.05, 0.1) is 0 Å². The molecule has 4 aromatic carbocycles. The molecular formula is C24H18N2. The van der Waals surface area contributed by atoms with Gasteiger partial charge in [0, 0.05) is 57.7 Å². The lowest BCUT2D eigenvalue weighted by molar-refractivity contribution is 1.01. The fourth-order valence-electron chi connectivity index (χ4n) is 4.56. The van der Waals surface area contributed by atoms with Gasteiger partial charge in [-0.05, 0) is 47.2 Å². The zero-order chi connectivity index (χ0) is 17.4. The minimum Gasteiger partial charge on any atom is -0.344 e. The second-order valence-electron chi connectivity index (χ2n) is 7.24. The van der Waals surface area contributed by atoms with E-state index in [1.807, 2.05) is 0 Å². The molecule has 0 amide bonds. The quantitative estimate of drug-likeness (QED) is 0.316. The van der Waals surface area contributed by atoms with Crippen LogP contribution in [-0.4, -0.2) is 9.13 Å². The lowest BCUT2D eigenvalue weighted by atomic mass is 10.0. The van der Waals surface area contributed by atoms with Gasteiger partial charge in [0.15, 0.2) is 0 Å². The number of rotatable bonds is 0. The number of aryl methyl sites for hydroxylation is 2. The predicted octanol–water partition coefficient (Wildman–Crippen LogP) is 6.13. The van der Waals surface area contributed by atoms with Crippen LogP contribution in [0.25, 0.3) is 54.4 Å². The van der Waals surface area contributed by atoms with E-state index in [-0.39, 0.29) is 0 Å². The molecule has 0 unspecified atom stereocenters. The van der Waals surface area contributed by atoms with E-state index in [1.54, 1.807) is 0 Å². The number of fused-ring (bicyclic) bond motifs is 7. The normalized spacial score (nSPS) is 12.2. The van der Waals surface area contributed by atoms with E-state index >= 15 is 0 Å². The van der Waals surface area contributed by atoms with Crippen molar-refractivity contribution in [1.82, 2.24) is 9.13 Å². The first-order valence-electron chi connectivity index (χ1n) is 9.00. The van der Waals surface area contributed by atoms with Crippen LogP contribution in [0.15, 0.2) is 72.8 Å². The van der Waals surface area contributed by atoms with Crippen LogP contribution in [0, 0.1) is 0 Å². The summed E-state index contributed by atoms with van der Waals surface area (Å²) in [5.74, 6) is 0. The van der Waals surface area contributed by atoms with E-state index in [1.165, 1.54) is 54.4 Å². The minimum atomic E-state index is 1.29. The highest BCUT2D eigenvalue weighted by Gasteiger charge is 2.12. The fourth-order valence-corrected chi connectivity index (χ4v) is 4.56. The highest BCUT2D eigenvalue weighted by atomic mass is 14.9. The molecule has 0 saturated carbocycles. The molecule has 124 valence electrons. The number of hydrogen-bond acceptors (Lipinski definition) is 0. The van der Waals surface area contributed by atoms with E-state index in [9.17, 15) is 0 Å². The monoisotopic (exact) mass is 334 g/mol. The molecule has 0 atom stereocenters. The van der Waals surface area contributed by atoms with Crippen molar-refractivity contribution in [2.75, 3.05) is 0 Å². The van der Waals surface area contributed by atoms with Gasteiger partial charge in [-0.3, -0.25) is 0 Å². The Kier molecular flexibility index (Phi) is 2.51. The van der Waals surface area contributed by atoms with Crippen LogP contribution >= 0.6 is 0 Å². The van der Waals surface area contributed by atoms with Crippen LogP contribution in [0.2, 0.25) is 0 Å². The third kappa shape index (κ3) is 1.62. The van der Waals surface area contributed by atoms with Crippen LogP contribution < -0.4 is 0 Å². The average Bonchev–Trinajstić information content (AvgIpc) is 3.12. The van der Waals surface area contributed by atoms with Gasteiger partial charge in [-0.15, -0.1) is 0 Å². The zero-order valence-corrected chi connectivity index (χ0v) is 14.8. The maximum Gasteiger partial charge on any atom is 0.0495 e. The molecule has 0 aliphatic heterocycles. The highest BCUT2D eigenvalue weighted by molar-refractivity contribution is 6.17. The highest BCUT2D eigenvalue weighted by Crippen LogP contribution is 2.35. The topological polar surface area (TPSA) is 9.86 Å². The molecule has 0 bridgehead atoms. The first-order valence-corrected chi connectivity index (χ1v) is 9.00. The summed E-state index contributed by atoms with van der Waals surface area (Å²) >= 11 is 0. The molecule has 0 aliphatic rings. The molecular weight excluding hydrogens is 316 g/mol. The molecule has 6 aromatic rings. The van der Waals surface area contributed by atoms with Crippen LogP contribution in [0.4, 0.5) is 0 Å². The summed E-state index contributed by atoms with van der Waals surface area (Å²) in [6.07, 6.45) is 0. The minimum absolute atomic E-state index is 1.29. The maximum atomic E-state index is 2.35. The number of aromatic nitrogens is 2. The van der Waals surface area contributed by atoms with Gasteiger partial charge < -0.3 is 9.13 Å². The smallest absolute Gasteiger partial charge is 0.0495 e. The second-order valence-corrected chi connectivity index (χ2v) is 7.24. The van der Waals surface area contributed by atoms with Crippen LogP contribution in [-0.2, 0) is 14.1 Å². The van der Waals surface area contributed by atoms with E-state index < -0.39 is 0 Å². The van der Waals surface area contributed by atoms with E-state index in [0.29, 0.717) is 0 Å². The van der Waals surface area contributed by atoms with Gasteiger partial charge in [0.2, 0.25) is 0 Å². The number of para-hydroxylation sites is 2. The van der Waals surface area contributed by atoms with Crippen molar-refractivity contribution in [2.24, 2.45) is 14.1 Å². The molecule has 2 aromatic heterocycles. The first kappa shape index (κ1) is 14.0. The molecule has 2 heteroatoms. The molecule has 6 rings (SSSR count). The molecule has 2 nitrogen and oxygen atoms in total. The predicted molar refractivity (Wildman–Crippen MR) is 112 cm³/mol. The first-order chi connectivity index (χ1) is 12.7. The van der Waals surface area contributed by atoms with Gasteiger partial charge in [0.1, 0.15) is 0 Å². The van der Waals surface area contributed by atoms with Crippen molar-refractivity contribution < 1.29 is 0 Å². The van der Waals surface area contributed by atoms with E-state index in [2.05, 4.69) is 96.0 Å². The summed E-state index contributed by atoms with van der Waals surface area (Å²) < 4.78 is 4.61. The number of benzene rings is 4. The summed E-state index contributed by atoms with van der Waals surface area (Å²) in [5.41, 5.74) is 5.15. The lowest BCUT2D eigenvalue weighted by Crippen LogP contribution is -1.87. The molecule has 26 heavy (non-hydrogen) atoms. The number of hydrogen-bond donors (Lipinski definition) is 0. The maximum absolute atomic E-state index is 2.35. The summed E-state index contributed by atoms with van der Waals surface area (Å²) in [6, 6.07) is 26.7. The third-order valence-electron chi connectivity index (χ3n) is 5.90. The summed E-state index contributed by atoms with van der Waals surface area (Å²) in [7, 11) is 4.32. The summed E-state index contributed by atoms with van der Waals surface area (Å²) in [6.45, 7) is 0. The van der Waals surface area contributed by atoms with Crippen LogP contribution in [0.3, 0.4) is 0 Å². The molecule has 0 aliphatic carbocycles. The Hall–Kier alpha value is -3.26. The van der Waals surface area contributed by atoms with Crippen molar-refractivity contribution in [2.45, 2.75) is 0 Å². The standard InChI is InChI=1S/C24H18N2/c1-25-21-9-5-3-7-17(21)19-11-16-14-24-20(12-15(16)13-23(19)25)18-8-4-6-10-22(18)26(24)2/h3-14H,1-2H3. The molecule has 0 N–H and O–H groups in total. The third-order valence-corrected chi connectivity index (χ3v) is 5.90. The number of nitrogens with zero attached hydrogens (tertiary/aromatic N) is 2. The van der Waals surface area contributed by atoms with Crippen molar-refractivity contribution >= 4 is 54.4 Å². The lowest BCUT2D eigenvalue weighted by Gasteiger charge is -2.04. The average molecular weight is 334 g/mol. The summed E-state index contributed by atoms with van der Waals surface area (Å²) in [5, 5.41) is 7.90. The van der Waals surface area contributed by atoms with Crippen LogP contribution in [0.5, 0.6) is 0 Å². The Morgan fingerprint density at radius 2 is 0.885 bits per heavy atom. The van der Waals surface area contributed by atoms with Gasteiger partial charge in [0.25, 0.3) is 0 Å². The van der Waals surface area contributed by atoms with Gasteiger partial charge in [-0.1, -0.05) is 36.4 Å². The van der Waals surface area contributed by atoms with Gasteiger partial charge in [-0.2, -0.15) is 0 Å². The fraction of sp³-hybridized carbons (Fsp3) is 0.0833. The molecule has 0 fully saturated rings. The Morgan fingerprint density at radius 1 is 0.462 bits per heavy atom. The second kappa shape index (κ2) is 4.67. The molecule has 2 heterocycles. The largest absolute Gasteiger partial charge is 0.344 e. The van der Waals surface area contributed by atoms with Gasteiger partial charge >= 0.3 is 0 Å². The van der Waals surface area contributed by atoms with E-state index in [4.69, 9.17) is 0 Å². The van der Waals surface area contributed by atoms with Gasteiger partial charge in [-0.25, -0.2) is 0 Å². The van der Waals surface area contributed by atoms with Crippen LogP contribution in [0.1, 0.15) is 0 Å². The van der Waals surface area contributed by atoms with Crippen molar-refractivity contribution in [3.63, 3.8) is 0 Å². The Bertz CT molecular complexity index is 1380.